The van der Waals surface area contributed by atoms with Crippen LogP contribution in [0, 0.1) is 11.7 Å². The maximum absolute atomic E-state index is 13.0. The number of carbonyl (C=O) groups excluding carboxylic acids is 1. The minimum Gasteiger partial charge on any atom is -0.348 e. The molecule has 1 saturated carbocycles. The number of benzene rings is 1. The third-order valence-electron chi connectivity index (χ3n) is 3.24. The summed E-state index contributed by atoms with van der Waals surface area (Å²) in [5, 5.41) is 6.06. The maximum Gasteiger partial charge on any atom is 0.234 e. The summed E-state index contributed by atoms with van der Waals surface area (Å²) >= 11 is 5.72. The van der Waals surface area contributed by atoms with Gasteiger partial charge in [0.15, 0.2) is 0 Å². The molecule has 0 bridgehead atoms. The van der Waals surface area contributed by atoms with Crippen molar-refractivity contribution in [2.75, 3.05) is 13.1 Å². The van der Waals surface area contributed by atoms with Gasteiger partial charge in [-0.25, -0.2) is 4.39 Å². The Bertz CT molecular complexity index is 463. The average Bonchev–Trinajstić information content (AvgIpc) is 3.16. The lowest BCUT2D eigenvalue weighted by molar-refractivity contribution is -0.120. The van der Waals surface area contributed by atoms with Crippen molar-refractivity contribution in [3.05, 3.63) is 34.6 Å². The topological polar surface area (TPSA) is 41.1 Å². The molecule has 1 aliphatic carbocycles. The van der Waals surface area contributed by atoms with E-state index in [1.54, 1.807) is 12.1 Å². The summed E-state index contributed by atoms with van der Waals surface area (Å²) in [7, 11) is 0. The van der Waals surface area contributed by atoms with Crippen molar-refractivity contribution in [1.29, 1.82) is 0 Å². The largest absolute Gasteiger partial charge is 0.348 e. The highest BCUT2D eigenvalue weighted by molar-refractivity contribution is 6.30. The molecule has 1 fully saturated rings. The highest BCUT2D eigenvalue weighted by Crippen LogP contribution is 2.27. The number of hydrogen-bond acceptors (Lipinski definition) is 2. The molecule has 0 heterocycles. The summed E-state index contributed by atoms with van der Waals surface area (Å²) in [5.41, 5.74) is 0.793. The van der Waals surface area contributed by atoms with E-state index in [0.717, 1.165) is 18.0 Å². The Balaban J connectivity index is 1.79. The number of amides is 1. The zero-order chi connectivity index (χ0) is 13.8. The SMILES string of the molecule is CC(NC(=O)CNCC1CC1)c1ccc(F)c(Cl)c1. The van der Waals surface area contributed by atoms with Crippen molar-refractivity contribution >= 4 is 17.5 Å². The fraction of sp³-hybridized carbons (Fsp3) is 0.500. The van der Waals surface area contributed by atoms with Gasteiger partial charge < -0.3 is 10.6 Å². The zero-order valence-corrected chi connectivity index (χ0v) is 11.6. The molecule has 19 heavy (non-hydrogen) atoms. The van der Waals surface area contributed by atoms with Gasteiger partial charge in [-0.3, -0.25) is 4.79 Å². The van der Waals surface area contributed by atoms with E-state index in [1.807, 2.05) is 6.92 Å². The molecule has 1 aromatic rings. The van der Waals surface area contributed by atoms with E-state index in [4.69, 9.17) is 11.6 Å². The van der Waals surface area contributed by atoms with E-state index in [1.165, 1.54) is 18.9 Å². The third kappa shape index (κ3) is 4.48. The van der Waals surface area contributed by atoms with Crippen molar-refractivity contribution in [3.8, 4) is 0 Å². The fourth-order valence-corrected chi connectivity index (χ4v) is 2.06. The van der Waals surface area contributed by atoms with Crippen LogP contribution in [0.3, 0.4) is 0 Å². The molecule has 0 aliphatic heterocycles. The first-order chi connectivity index (χ1) is 9.06. The van der Waals surface area contributed by atoms with Crippen molar-refractivity contribution in [2.24, 2.45) is 5.92 Å². The molecule has 1 aromatic carbocycles. The second-order valence-electron chi connectivity index (χ2n) is 5.04. The Labute approximate surface area is 117 Å². The molecule has 1 amide bonds. The molecule has 0 saturated heterocycles. The Morgan fingerprint density at radius 1 is 1.53 bits per heavy atom. The van der Waals surface area contributed by atoms with Crippen LogP contribution in [0.1, 0.15) is 31.4 Å². The maximum atomic E-state index is 13.0. The van der Waals surface area contributed by atoms with Gasteiger partial charge in [-0.05, 0) is 49.9 Å². The summed E-state index contributed by atoms with van der Waals surface area (Å²) in [6, 6.07) is 4.29. The van der Waals surface area contributed by atoms with Gasteiger partial charge in [0, 0.05) is 0 Å². The van der Waals surface area contributed by atoms with Crippen LogP contribution in [-0.4, -0.2) is 19.0 Å². The van der Waals surface area contributed by atoms with Gasteiger partial charge in [-0.1, -0.05) is 17.7 Å². The number of hydrogen-bond donors (Lipinski definition) is 2. The lowest BCUT2D eigenvalue weighted by Gasteiger charge is -2.15. The van der Waals surface area contributed by atoms with Crippen LogP contribution in [0.2, 0.25) is 5.02 Å². The molecule has 1 atom stereocenters. The average molecular weight is 285 g/mol. The Kier molecular flexibility index (Phi) is 4.77. The number of nitrogens with one attached hydrogen (secondary N) is 2. The Morgan fingerprint density at radius 2 is 2.26 bits per heavy atom. The first-order valence-corrected chi connectivity index (χ1v) is 6.89. The molecule has 1 unspecified atom stereocenters. The van der Waals surface area contributed by atoms with E-state index in [2.05, 4.69) is 10.6 Å². The lowest BCUT2D eigenvalue weighted by Crippen LogP contribution is -2.36. The van der Waals surface area contributed by atoms with Crippen molar-refractivity contribution in [3.63, 3.8) is 0 Å². The first kappa shape index (κ1) is 14.3. The number of carbonyl (C=O) groups is 1. The van der Waals surface area contributed by atoms with Crippen molar-refractivity contribution in [1.82, 2.24) is 10.6 Å². The highest BCUT2D eigenvalue weighted by Gasteiger charge is 2.20. The van der Waals surface area contributed by atoms with Crippen LogP contribution in [0.25, 0.3) is 0 Å². The van der Waals surface area contributed by atoms with E-state index < -0.39 is 5.82 Å². The summed E-state index contributed by atoms with van der Waals surface area (Å²) in [6.45, 7) is 3.07. The third-order valence-corrected chi connectivity index (χ3v) is 3.53. The van der Waals surface area contributed by atoms with Gasteiger partial charge in [0.2, 0.25) is 5.91 Å². The summed E-state index contributed by atoms with van der Waals surface area (Å²) < 4.78 is 13.0. The molecular weight excluding hydrogens is 267 g/mol. The van der Waals surface area contributed by atoms with Crippen LogP contribution in [-0.2, 0) is 4.79 Å². The van der Waals surface area contributed by atoms with Crippen LogP contribution >= 0.6 is 11.6 Å². The molecule has 2 rings (SSSR count). The van der Waals surface area contributed by atoms with E-state index in [9.17, 15) is 9.18 Å². The first-order valence-electron chi connectivity index (χ1n) is 6.51. The van der Waals surface area contributed by atoms with E-state index in [0.29, 0.717) is 6.54 Å². The van der Waals surface area contributed by atoms with Crippen LogP contribution in [0.5, 0.6) is 0 Å². The minimum absolute atomic E-state index is 0.0615. The van der Waals surface area contributed by atoms with E-state index >= 15 is 0 Å². The van der Waals surface area contributed by atoms with Gasteiger partial charge >= 0.3 is 0 Å². The zero-order valence-electron chi connectivity index (χ0n) is 10.9. The smallest absolute Gasteiger partial charge is 0.234 e. The van der Waals surface area contributed by atoms with Crippen LogP contribution in [0.15, 0.2) is 18.2 Å². The van der Waals surface area contributed by atoms with Crippen LogP contribution in [0.4, 0.5) is 4.39 Å². The number of rotatable bonds is 6. The molecule has 104 valence electrons. The van der Waals surface area contributed by atoms with Gasteiger partial charge in [-0.15, -0.1) is 0 Å². The van der Waals surface area contributed by atoms with Crippen molar-refractivity contribution < 1.29 is 9.18 Å². The molecular formula is C14H18ClFN2O. The molecule has 0 radical (unpaired) electrons. The molecule has 0 spiro atoms. The van der Waals surface area contributed by atoms with Crippen LogP contribution < -0.4 is 10.6 Å². The fourth-order valence-electron chi connectivity index (χ4n) is 1.87. The molecule has 3 nitrogen and oxygen atoms in total. The quantitative estimate of drug-likeness (QED) is 0.843. The molecule has 5 heteroatoms. The Hall–Kier alpha value is -1.13. The normalized spacial score (nSPS) is 16.2. The summed E-state index contributed by atoms with van der Waals surface area (Å²) in [6.07, 6.45) is 2.53. The molecule has 1 aliphatic rings. The summed E-state index contributed by atoms with van der Waals surface area (Å²) in [5.74, 6) is 0.241. The predicted octanol–water partition coefficient (Wildman–Crippen LogP) is 2.66. The van der Waals surface area contributed by atoms with Gasteiger partial charge in [0.05, 0.1) is 17.6 Å². The second kappa shape index (κ2) is 6.35. The van der Waals surface area contributed by atoms with Gasteiger partial charge in [0.1, 0.15) is 5.82 Å². The highest BCUT2D eigenvalue weighted by atomic mass is 35.5. The monoisotopic (exact) mass is 284 g/mol. The molecule has 0 aromatic heterocycles. The molecule has 2 N–H and O–H groups in total. The van der Waals surface area contributed by atoms with Crippen molar-refractivity contribution in [2.45, 2.75) is 25.8 Å². The standard InChI is InChI=1S/C14H18ClFN2O/c1-9(11-4-5-13(16)12(15)6-11)18-14(19)8-17-7-10-2-3-10/h4-6,9-10,17H,2-3,7-8H2,1H3,(H,18,19). The summed E-state index contributed by atoms with van der Waals surface area (Å²) in [4.78, 5) is 11.7. The number of halogens is 2. The lowest BCUT2D eigenvalue weighted by atomic mass is 10.1. The van der Waals surface area contributed by atoms with Gasteiger partial charge in [-0.2, -0.15) is 0 Å². The minimum atomic E-state index is -0.449. The predicted molar refractivity (Wildman–Crippen MR) is 73.6 cm³/mol. The van der Waals surface area contributed by atoms with Gasteiger partial charge in [0.25, 0.3) is 0 Å². The Morgan fingerprint density at radius 3 is 2.89 bits per heavy atom. The second-order valence-corrected chi connectivity index (χ2v) is 5.44. The van der Waals surface area contributed by atoms with E-state index in [-0.39, 0.29) is 17.0 Å².